The Morgan fingerprint density at radius 3 is 2.16 bits per heavy atom. The van der Waals surface area contributed by atoms with Crippen LogP contribution in [0.2, 0.25) is 0 Å². The smallest absolute Gasteiger partial charge is 0.223 e. The fourth-order valence-corrected chi connectivity index (χ4v) is 6.89. The van der Waals surface area contributed by atoms with Crippen molar-refractivity contribution in [2.75, 3.05) is 19.7 Å². The van der Waals surface area contributed by atoms with Gasteiger partial charge < -0.3 is 10.0 Å². The second-order valence-electron chi connectivity index (χ2n) is 9.23. The predicted octanol–water partition coefficient (Wildman–Crippen LogP) is 3.22. The van der Waals surface area contributed by atoms with Crippen LogP contribution in [-0.2, 0) is 10.2 Å². The summed E-state index contributed by atoms with van der Waals surface area (Å²) in [6, 6.07) is 11.0. The number of likely N-dealkylation sites (tertiary alicyclic amines) is 1. The number of carbonyl (C=O) groups is 1. The van der Waals surface area contributed by atoms with Gasteiger partial charge in [-0.25, -0.2) is 0 Å². The fraction of sp³-hybridized carbons (Fsp3) is 0.682. The summed E-state index contributed by atoms with van der Waals surface area (Å²) < 4.78 is 0. The molecular formula is C22H29NO2. The SMILES string of the molecule is O=C(CC1(c2ccccc2)C2CC3CC(C2)CC1C3)N1CC(CO)C1. The van der Waals surface area contributed by atoms with Crippen molar-refractivity contribution >= 4 is 5.91 Å². The Morgan fingerprint density at radius 1 is 1.00 bits per heavy atom. The van der Waals surface area contributed by atoms with Gasteiger partial charge in [-0.05, 0) is 61.3 Å². The molecule has 0 aromatic heterocycles. The zero-order chi connectivity index (χ0) is 17.0. The average Bonchev–Trinajstić information content (AvgIpc) is 2.57. The molecule has 1 heterocycles. The van der Waals surface area contributed by atoms with Crippen LogP contribution < -0.4 is 0 Å². The third-order valence-electron chi connectivity index (χ3n) is 7.92. The highest BCUT2D eigenvalue weighted by atomic mass is 16.3. The predicted molar refractivity (Wildman–Crippen MR) is 96.9 cm³/mol. The minimum Gasteiger partial charge on any atom is -0.396 e. The van der Waals surface area contributed by atoms with Gasteiger partial charge >= 0.3 is 0 Å². The number of hydrogen-bond donors (Lipinski definition) is 1. The first kappa shape index (κ1) is 15.9. The summed E-state index contributed by atoms with van der Waals surface area (Å²) in [7, 11) is 0. The summed E-state index contributed by atoms with van der Waals surface area (Å²) in [5.41, 5.74) is 1.48. The van der Waals surface area contributed by atoms with Crippen LogP contribution in [-0.4, -0.2) is 35.6 Å². The molecule has 4 saturated carbocycles. The average molecular weight is 339 g/mol. The standard InChI is InChI=1S/C22H29NO2/c24-14-17-12-23(13-17)21(25)11-22(18-4-2-1-3-5-18)19-7-15-6-16(9-19)10-20(22)8-15/h1-5,15-17,19-20,24H,6-14H2. The maximum absolute atomic E-state index is 13.1. The quantitative estimate of drug-likeness (QED) is 0.915. The molecular weight excluding hydrogens is 310 g/mol. The van der Waals surface area contributed by atoms with Crippen LogP contribution in [0.1, 0.15) is 44.1 Å². The Labute approximate surface area is 150 Å². The molecule has 3 heteroatoms. The highest BCUT2D eigenvalue weighted by molar-refractivity contribution is 5.79. The van der Waals surface area contributed by atoms with Crippen molar-refractivity contribution in [1.82, 2.24) is 4.90 Å². The van der Waals surface area contributed by atoms with Gasteiger partial charge in [-0.2, -0.15) is 0 Å². The lowest BCUT2D eigenvalue weighted by Crippen LogP contribution is -2.59. The zero-order valence-corrected chi connectivity index (χ0v) is 14.9. The Hall–Kier alpha value is -1.35. The highest BCUT2D eigenvalue weighted by Gasteiger charge is 2.58. The molecule has 0 spiro atoms. The third kappa shape index (κ3) is 2.38. The van der Waals surface area contributed by atoms with Gasteiger partial charge in [-0.3, -0.25) is 4.79 Å². The van der Waals surface area contributed by atoms with E-state index in [-0.39, 0.29) is 12.0 Å². The van der Waals surface area contributed by atoms with Gasteiger partial charge in [0.05, 0.1) is 0 Å². The Morgan fingerprint density at radius 2 is 1.60 bits per heavy atom. The summed E-state index contributed by atoms with van der Waals surface area (Å²) in [5.74, 6) is 3.82. The molecule has 0 atom stereocenters. The summed E-state index contributed by atoms with van der Waals surface area (Å²) in [6.45, 7) is 1.71. The van der Waals surface area contributed by atoms with Crippen LogP contribution in [0, 0.1) is 29.6 Å². The molecule has 5 aliphatic rings. The van der Waals surface area contributed by atoms with Gasteiger partial charge in [-0.1, -0.05) is 30.3 Å². The monoisotopic (exact) mass is 339 g/mol. The number of nitrogens with zero attached hydrogens (tertiary/aromatic N) is 1. The molecule has 0 radical (unpaired) electrons. The van der Waals surface area contributed by atoms with Crippen molar-refractivity contribution in [3.63, 3.8) is 0 Å². The van der Waals surface area contributed by atoms with Crippen molar-refractivity contribution < 1.29 is 9.90 Å². The molecule has 0 unspecified atom stereocenters. The van der Waals surface area contributed by atoms with E-state index in [9.17, 15) is 9.90 Å². The van der Waals surface area contributed by atoms with Crippen molar-refractivity contribution in [2.45, 2.75) is 43.9 Å². The lowest BCUT2D eigenvalue weighted by molar-refractivity contribution is -0.146. The molecule has 1 amide bonds. The minimum atomic E-state index is 0.0655. The second kappa shape index (κ2) is 5.84. The molecule has 1 saturated heterocycles. The normalized spacial score (nSPS) is 39.5. The molecule has 1 N–H and O–H groups in total. The molecule has 3 nitrogen and oxygen atoms in total. The van der Waals surface area contributed by atoms with E-state index in [4.69, 9.17) is 0 Å². The Balaban J connectivity index is 1.47. The van der Waals surface area contributed by atoms with Crippen molar-refractivity contribution in [2.24, 2.45) is 29.6 Å². The van der Waals surface area contributed by atoms with Gasteiger partial charge in [0, 0.05) is 37.5 Å². The second-order valence-corrected chi connectivity index (χ2v) is 9.23. The lowest BCUT2D eigenvalue weighted by atomic mass is 9.43. The first-order valence-electron chi connectivity index (χ1n) is 10.1. The number of carbonyl (C=O) groups excluding carboxylic acids is 1. The minimum absolute atomic E-state index is 0.0655. The van der Waals surface area contributed by atoms with E-state index in [1.165, 1.54) is 37.7 Å². The Kier molecular flexibility index (Phi) is 3.70. The van der Waals surface area contributed by atoms with E-state index in [1.807, 2.05) is 4.90 Å². The van der Waals surface area contributed by atoms with Crippen LogP contribution in [0.25, 0.3) is 0 Å². The molecule has 6 rings (SSSR count). The summed E-state index contributed by atoms with van der Waals surface area (Å²) in [5, 5.41) is 9.26. The topological polar surface area (TPSA) is 40.5 Å². The zero-order valence-electron chi connectivity index (χ0n) is 14.9. The van der Waals surface area contributed by atoms with E-state index in [0.29, 0.717) is 30.1 Å². The third-order valence-corrected chi connectivity index (χ3v) is 7.92. The first-order chi connectivity index (χ1) is 12.2. The highest BCUT2D eigenvalue weighted by Crippen LogP contribution is 2.64. The van der Waals surface area contributed by atoms with Gasteiger partial charge in [0.2, 0.25) is 5.91 Å². The molecule has 1 aliphatic heterocycles. The maximum Gasteiger partial charge on any atom is 0.223 e. The van der Waals surface area contributed by atoms with Crippen molar-refractivity contribution in [3.8, 4) is 0 Å². The van der Waals surface area contributed by atoms with Gasteiger partial charge in [0.15, 0.2) is 0 Å². The number of aliphatic hydroxyl groups is 1. The summed E-state index contributed by atoms with van der Waals surface area (Å²) in [4.78, 5) is 15.1. The largest absolute Gasteiger partial charge is 0.396 e. The lowest BCUT2D eigenvalue weighted by Gasteiger charge is -2.62. The molecule has 134 valence electrons. The molecule has 4 aliphatic carbocycles. The van der Waals surface area contributed by atoms with Crippen LogP contribution in [0.5, 0.6) is 0 Å². The van der Waals surface area contributed by atoms with E-state index < -0.39 is 0 Å². The van der Waals surface area contributed by atoms with Crippen molar-refractivity contribution in [1.29, 1.82) is 0 Å². The van der Waals surface area contributed by atoms with Crippen LogP contribution in [0.4, 0.5) is 0 Å². The van der Waals surface area contributed by atoms with Crippen LogP contribution in [0.3, 0.4) is 0 Å². The molecule has 1 aromatic rings. The van der Waals surface area contributed by atoms with Gasteiger partial charge in [0.25, 0.3) is 0 Å². The van der Waals surface area contributed by atoms with E-state index in [1.54, 1.807) is 0 Å². The summed E-state index contributed by atoms with van der Waals surface area (Å²) in [6.07, 6.45) is 7.44. The first-order valence-corrected chi connectivity index (χ1v) is 10.1. The number of amides is 1. The van der Waals surface area contributed by atoms with Gasteiger partial charge in [-0.15, -0.1) is 0 Å². The number of aliphatic hydroxyl groups excluding tert-OH is 1. The van der Waals surface area contributed by atoms with Crippen LogP contribution >= 0.6 is 0 Å². The van der Waals surface area contributed by atoms with Gasteiger partial charge in [0.1, 0.15) is 0 Å². The molecule has 25 heavy (non-hydrogen) atoms. The molecule has 4 bridgehead atoms. The van der Waals surface area contributed by atoms with E-state index in [2.05, 4.69) is 30.3 Å². The van der Waals surface area contributed by atoms with Crippen molar-refractivity contribution in [3.05, 3.63) is 35.9 Å². The number of rotatable bonds is 4. The van der Waals surface area contributed by atoms with Crippen LogP contribution in [0.15, 0.2) is 30.3 Å². The number of benzene rings is 1. The Bertz CT molecular complexity index is 621. The molecule has 1 aromatic carbocycles. The molecule has 5 fully saturated rings. The fourth-order valence-electron chi connectivity index (χ4n) is 6.89. The maximum atomic E-state index is 13.1. The van der Waals surface area contributed by atoms with E-state index in [0.717, 1.165) is 24.9 Å². The summed E-state index contributed by atoms with van der Waals surface area (Å²) >= 11 is 0. The van der Waals surface area contributed by atoms with E-state index >= 15 is 0 Å². The number of hydrogen-bond acceptors (Lipinski definition) is 2.